The highest BCUT2D eigenvalue weighted by atomic mass is 19.1. The largest absolute Gasteiger partial charge is 0.378 e. The summed E-state index contributed by atoms with van der Waals surface area (Å²) in [5.41, 5.74) is 1.52. The minimum absolute atomic E-state index is 0.0208. The molecule has 1 aliphatic rings. The highest BCUT2D eigenvalue weighted by Crippen LogP contribution is 2.31. The Morgan fingerprint density at radius 3 is 1.77 bits per heavy atom. The zero-order valence-corrected chi connectivity index (χ0v) is 15.9. The Morgan fingerprint density at radius 2 is 1.59 bits per heavy atom. The summed E-state index contributed by atoms with van der Waals surface area (Å²) in [6.45, 7) is 16.5. The van der Waals surface area contributed by atoms with Crippen LogP contribution >= 0.6 is 0 Å². The van der Waals surface area contributed by atoms with E-state index in [9.17, 15) is 4.39 Å². The standard InChI is InChI=1S/C8H18O.C7H8FN.C4H8/c1-7(2,3)8(4,5)9-6;1-5-3-7(8)6(2)9-4-5;1-4-2-3-4/h1-6H3;3-4H,1-2H3;4H,2-3H2,1H3. The molecule has 3 heteroatoms. The first-order chi connectivity index (χ1) is 9.90. The van der Waals surface area contributed by atoms with Crippen LogP contribution in [-0.4, -0.2) is 17.7 Å². The van der Waals surface area contributed by atoms with Crippen molar-refractivity contribution in [2.24, 2.45) is 11.3 Å². The van der Waals surface area contributed by atoms with Crippen LogP contribution in [-0.2, 0) is 4.74 Å². The van der Waals surface area contributed by atoms with Crippen LogP contribution in [0.4, 0.5) is 4.39 Å². The summed E-state index contributed by atoms with van der Waals surface area (Å²) in [6.07, 6.45) is 4.62. The Morgan fingerprint density at radius 1 is 1.14 bits per heavy atom. The quantitative estimate of drug-likeness (QED) is 0.662. The van der Waals surface area contributed by atoms with Crippen LogP contribution in [0.1, 0.15) is 65.6 Å². The minimum atomic E-state index is -0.227. The Bertz CT molecular complexity index is 445. The van der Waals surface area contributed by atoms with E-state index in [4.69, 9.17) is 4.74 Å². The lowest BCUT2D eigenvalue weighted by Gasteiger charge is -2.37. The van der Waals surface area contributed by atoms with Gasteiger partial charge in [0.15, 0.2) is 0 Å². The number of nitrogens with zero attached hydrogens (tertiary/aromatic N) is 1. The fraction of sp³-hybridized carbons (Fsp3) is 0.737. The van der Waals surface area contributed by atoms with Gasteiger partial charge in [-0.05, 0) is 50.7 Å². The predicted octanol–water partition coefficient (Wildman–Crippen LogP) is 5.71. The van der Waals surface area contributed by atoms with Gasteiger partial charge in [-0.3, -0.25) is 4.98 Å². The molecule has 0 atom stereocenters. The summed E-state index contributed by atoms with van der Waals surface area (Å²) in [5.74, 6) is 0.856. The number of pyridine rings is 1. The van der Waals surface area contributed by atoms with E-state index in [1.807, 2.05) is 6.92 Å². The van der Waals surface area contributed by atoms with Crippen molar-refractivity contribution < 1.29 is 9.13 Å². The number of rotatable bonds is 1. The highest BCUT2D eigenvalue weighted by molar-refractivity contribution is 5.13. The molecule has 1 fully saturated rings. The second kappa shape index (κ2) is 8.61. The van der Waals surface area contributed by atoms with Gasteiger partial charge in [0.2, 0.25) is 0 Å². The van der Waals surface area contributed by atoms with Crippen molar-refractivity contribution in [2.45, 2.75) is 73.8 Å². The number of hydrogen-bond donors (Lipinski definition) is 0. The van der Waals surface area contributed by atoms with Crippen molar-refractivity contribution in [3.05, 3.63) is 29.3 Å². The molecule has 1 aliphatic carbocycles. The first-order valence-electron chi connectivity index (χ1n) is 8.04. The van der Waals surface area contributed by atoms with Crippen molar-refractivity contribution in [1.82, 2.24) is 4.98 Å². The number of ether oxygens (including phenoxy) is 1. The number of methoxy groups -OCH3 is 1. The van der Waals surface area contributed by atoms with Gasteiger partial charge in [-0.25, -0.2) is 4.39 Å². The maximum Gasteiger partial charge on any atom is 0.144 e. The molecule has 0 spiro atoms. The molecule has 2 rings (SSSR count). The van der Waals surface area contributed by atoms with Gasteiger partial charge in [0.1, 0.15) is 5.82 Å². The fourth-order valence-corrected chi connectivity index (χ4v) is 1.07. The first kappa shape index (κ1) is 21.0. The Labute approximate surface area is 136 Å². The molecule has 0 unspecified atom stereocenters. The van der Waals surface area contributed by atoms with E-state index in [0.717, 1.165) is 11.5 Å². The summed E-state index contributed by atoms with van der Waals surface area (Å²) in [7, 11) is 1.76. The molecule has 1 saturated carbocycles. The SMILES string of the molecule is CC1CC1.COC(C)(C)C(C)(C)C.Cc1cnc(C)c(F)c1. The van der Waals surface area contributed by atoms with E-state index in [-0.39, 0.29) is 16.8 Å². The van der Waals surface area contributed by atoms with E-state index < -0.39 is 0 Å². The van der Waals surface area contributed by atoms with Crippen LogP contribution in [0.15, 0.2) is 12.3 Å². The van der Waals surface area contributed by atoms with Crippen LogP contribution in [0, 0.1) is 31.0 Å². The summed E-state index contributed by atoms with van der Waals surface area (Å²) in [4.78, 5) is 3.80. The van der Waals surface area contributed by atoms with E-state index in [1.54, 1.807) is 20.2 Å². The average molecular weight is 311 g/mol. The summed E-state index contributed by atoms with van der Waals surface area (Å²) >= 11 is 0. The van der Waals surface area contributed by atoms with Gasteiger partial charge in [-0.15, -0.1) is 0 Å². The van der Waals surface area contributed by atoms with Gasteiger partial charge in [0, 0.05) is 13.3 Å². The van der Waals surface area contributed by atoms with Gasteiger partial charge in [-0.1, -0.05) is 40.5 Å². The van der Waals surface area contributed by atoms with Gasteiger partial charge in [-0.2, -0.15) is 0 Å². The second-order valence-corrected chi connectivity index (χ2v) is 7.73. The van der Waals surface area contributed by atoms with E-state index in [2.05, 4.69) is 46.5 Å². The number of aryl methyl sites for hydroxylation is 2. The van der Waals surface area contributed by atoms with E-state index in [0.29, 0.717) is 5.69 Å². The van der Waals surface area contributed by atoms with Gasteiger partial charge in [0.05, 0.1) is 11.3 Å². The van der Waals surface area contributed by atoms with Gasteiger partial charge >= 0.3 is 0 Å². The zero-order valence-electron chi connectivity index (χ0n) is 15.9. The molecule has 0 bridgehead atoms. The molecule has 128 valence electrons. The average Bonchev–Trinajstić information content (AvgIpc) is 3.17. The Balaban J connectivity index is 0.000000321. The third kappa shape index (κ3) is 8.47. The monoisotopic (exact) mass is 311 g/mol. The Kier molecular flexibility index (Phi) is 8.24. The topological polar surface area (TPSA) is 22.1 Å². The third-order valence-corrected chi connectivity index (χ3v) is 4.34. The lowest BCUT2D eigenvalue weighted by Crippen LogP contribution is -2.38. The number of halogens is 1. The van der Waals surface area contributed by atoms with Crippen LogP contribution < -0.4 is 0 Å². The third-order valence-electron chi connectivity index (χ3n) is 4.34. The van der Waals surface area contributed by atoms with Crippen molar-refractivity contribution >= 4 is 0 Å². The van der Waals surface area contributed by atoms with Crippen LogP contribution in [0.2, 0.25) is 0 Å². The molecular weight excluding hydrogens is 277 g/mol. The second-order valence-electron chi connectivity index (χ2n) is 7.73. The first-order valence-corrected chi connectivity index (χ1v) is 8.04. The summed E-state index contributed by atoms with van der Waals surface area (Å²) in [6, 6.07) is 1.47. The molecule has 0 amide bonds. The van der Waals surface area contributed by atoms with E-state index in [1.165, 1.54) is 18.9 Å². The molecule has 0 aliphatic heterocycles. The van der Waals surface area contributed by atoms with Crippen molar-refractivity contribution in [1.29, 1.82) is 0 Å². The van der Waals surface area contributed by atoms with Crippen molar-refractivity contribution in [2.75, 3.05) is 7.11 Å². The molecule has 1 aromatic heterocycles. The maximum absolute atomic E-state index is 12.5. The molecule has 0 aromatic carbocycles. The number of hydrogen-bond acceptors (Lipinski definition) is 2. The molecule has 0 saturated heterocycles. The zero-order chi connectivity index (χ0) is 17.6. The predicted molar refractivity (Wildman–Crippen MR) is 92.6 cm³/mol. The van der Waals surface area contributed by atoms with Crippen molar-refractivity contribution in [3.8, 4) is 0 Å². The maximum atomic E-state index is 12.5. The lowest BCUT2D eigenvalue weighted by molar-refractivity contribution is -0.0620. The molecule has 0 N–H and O–H groups in total. The lowest BCUT2D eigenvalue weighted by atomic mass is 9.79. The molecule has 1 aromatic rings. The van der Waals surface area contributed by atoms with Crippen LogP contribution in [0.25, 0.3) is 0 Å². The molecule has 1 heterocycles. The summed E-state index contributed by atoms with van der Waals surface area (Å²) in [5, 5.41) is 0. The normalized spacial score (nSPS) is 14.5. The van der Waals surface area contributed by atoms with Gasteiger partial charge < -0.3 is 4.74 Å². The van der Waals surface area contributed by atoms with E-state index >= 15 is 0 Å². The highest BCUT2D eigenvalue weighted by Gasteiger charge is 2.32. The molecule has 22 heavy (non-hydrogen) atoms. The van der Waals surface area contributed by atoms with Crippen molar-refractivity contribution in [3.63, 3.8) is 0 Å². The Hall–Kier alpha value is -0.960. The smallest absolute Gasteiger partial charge is 0.144 e. The van der Waals surface area contributed by atoms with Crippen LogP contribution in [0.3, 0.4) is 0 Å². The molecular formula is C19H34FNO. The molecule has 2 nitrogen and oxygen atoms in total. The minimum Gasteiger partial charge on any atom is -0.378 e. The molecule has 0 radical (unpaired) electrons. The van der Waals surface area contributed by atoms with Gasteiger partial charge in [0.25, 0.3) is 0 Å². The fourth-order valence-electron chi connectivity index (χ4n) is 1.07. The summed E-state index contributed by atoms with van der Waals surface area (Å²) < 4.78 is 17.8. The number of aromatic nitrogens is 1. The van der Waals surface area contributed by atoms with Crippen LogP contribution in [0.5, 0.6) is 0 Å².